The standard InChI is InChI=1S/C16H17Cl2N3O3/c1-21-11-3-2-10(17)14(18)9(11)6-12(21)15(23)20-16(7-13(19)22)4-5-24-8-16/h2-3,6H,4-5,7-8H2,1H3,(H2,19,22)(H,20,23). The van der Waals surface area contributed by atoms with Crippen LogP contribution in [0.1, 0.15) is 23.3 Å². The minimum Gasteiger partial charge on any atom is -0.379 e. The van der Waals surface area contributed by atoms with Gasteiger partial charge in [-0.2, -0.15) is 0 Å². The highest BCUT2D eigenvalue weighted by Gasteiger charge is 2.38. The van der Waals surface area contributed by atoms with Gasteiger partial charge in [-0.05, 0) is 24.6 Å². The normalized spacial score (nSPS) is 20.5. The first kappa shape index (κ1) is 17.1. The fourth-order valence-corrected chi connectivity index (χ4v) is 3.47. The lowest BCUT2D eigenvalue weighted by molar-refractivity contribution is -0.119. The van der Waals surface area contributed by atoms with Gasteiger partial charge in [0.15, 0.2) is 0 Å². The Morgan fingerprint density at radius 1 is 1.42 bits per heavy atom. The van der Waals surface area contributed by atoms with Gasteiger partial charge in [0, 0.05) is 24.6 Å². The Morgan fingerprint density at radius 3 is 2.79 bits per heavy atom. The summed E-state index contributed by atoms with van der Waals surface area (Å²) in [5.74, 6) is -0.791. The lowest BCUT2D eigenvalue weighted by Gasteiger charge is -2.27. The average Bonchev–Trinajstić information content (AvgIpc) is 3.08. The van der Waals surface area contributed by atoms with Crippen LogP contribution in [0.3, 0.4) is 0 Å². The fourth-order valence-electron chi connectivity index (χ4n) is 3.09. The fraction of sp³-hybridized carbons (Fsp3) is 0.375. The lowest BCUT2D eigenvalue weighted by Crippen LogP contribution is -2.51. The average molecular weight is 370 g/mol. The Labute approximate surface area is 148 Å². The number of ether oxygens (including phenoxy) is 1. The number of rotatable bonds is 4. The highest BCUT2D eigenvalue weighted by molar-refractivity contribution is 6.45. The quantitative estimate of drug-likeness (QED) is 0.866. The van der Waals surface area contributed by atoms with E-state index in [-0.39, 0.29) is 18.9 Å². The maximum Gasteiger partial charge on any atom is 0.268 e. The highest BCUT2D eigenvalue weighted by atomic mass is 35.5. The van der Waals surface area contributed by atoms with Crippen molar-refractivity contribution in [2.75, 3.05) is 13.2 Å². The predicted octanol–water partition coefficient (Wildman–Crippen LogP) is 2.25. The zero-order chi connectivity index (χ0) is 17.5. The number of hydrogen-bond donors (Lipinski definition) is 2. The van der Waals surface area contributed by atoms with Crippen molar-refractivity contribution in [2.45, 2.75) is 18.4 Å². The van der Waals surface area contributed by atoms with E-state index < -0.39 is 11.4 Å². The third-order valence-electron chi connectivity index (χ3n) is 4.34. The van der Waals surface area contributed by atoms with Crippen molar-refractivity contribution in [3.05, 3.63) is 33.9 Å². The van der Waals surface area contributed by atoms with E-state index >= 15 is 0 Å². The third kappa shape index (κ3) is 2.97. The summed E-state index contributed by atoms with van der Waals surface area (Å²) in [4.78, 5) is 24.1. The first-order valence-electron chi connectivity index (χ1n) is 7.45. The van der Waals surface area contributed by atoms with Crippen molar-refractivity contribution in [3.63, 3.8) is 0 Å². The van der Waals surface area contributed by atoms with Crippen LogP contribution < -0.4 is 11.1 Å². The van der Waals surface area contributed by atoms with Crippen LogP contribution in [0.25, 0.3) is 10.9 Å². The molecule has 3 N–H and O–H groups in total. The number of carbonyl (C=O) groups is 2. The summed E-state index contributed by atoms with van der Waals surface area (Å²) >= 11 is 12.3. The summed E-state index contributed by atoms with van der Waals surface area (Å²) in [5, 5.41) is 4.44. The number of nitrogens with zero attached hydrogens (tertiary/aromatic N) is 1. The number of nitrogens with two attached hydrogens (primary N) is 1. The van der Waals surface area contributed by atoms with E-state index in [4.69, 9.17) is 33.7 Å². The number of fused-ring (bicyclic) bond motifs is 1. The molecule has 2 amide bonds. The molecule has 1 unspecified atom stereocenters. The largest absolute Gasteiger partial charge is 0.379 e. The Hall–Kier alpha value is -1.76. The number of hydrogen-bond acceptors (Lipinski definition) is 3. The second-order valence-electron chi connectivity index (χ2n) is 6.06. The molecule has 0 saturated carbocycles. The number of carbonyl (C=O) groups excluding carboxylic acids is 2. The van der Waals surface area contributed by atoms with Crippen LogP contribution in [-0.4, -0.2) is 35.1 Å². The molecule has 1 aromatic heterocycles. The molecule has 1 aliphatic rings. The smallest absolute Gasteiger partial charge is 0.268 e. The zero-order valence-corrected chi connectivity index (χ0v) is 14.6. The molecule has 24 heavy (non-hydrogen) atoms. The van der Waals surface area contributed by atoms with E-state index in [1.54, 1.807) is 29.8 Å². The van der Waals surface area contributed by atoms with Crippen molar-refractivity contribution in [1.29, 1.82) is 0 Å². The molecule has 1 aromatic carbocycles. The van der Waals surface area contributed by atoms with Gasteiger partial charge in [0.1, 0.15) is 5.69 Å². The van der Waals surface area contributed by atoms with Gasteiger partial charge in [-0.15, -0.1) is 0 Å². The van der Waals surface area contributed by atoms with Gasteiger partial charge in [-0.3, -0.25) is 9.59 Å². The Kier molecular flexibility index (Phi) is 4.46. The molecule has 0 radical (unpaired) electrons. The Morgan fingerprint density at radius 2 is 2.17 bits per heavy atom. The maximum atomic E-state index is 12.8. The molecule has 0 aliphatic carbocycles. The second kappa shape index (κ2) is 6.27. The summed E-state index contributed by atoms with van der Waals surface area (Å²) in [6, 6.07) is 5.18. The van der Waals surface area contributed by atoms with Crippen LogP contribution in [-0.2, 0) is 16.6 Å². The number of halogens is 2. The van der Waals surface area contributed by atoms with Gasteiger partial charge in [-0.25, -0.2) is 0 Å². The number of aryl methyl sites for hydroxylation is 1. The molecule has 1 fully saturated rings. The topological polar surface area (TPSA) is 86.4 Å². The van der Waals surface area contributed by atoms with Crippen LogP contribution in [0.15, 0.2) is 18.2 Å². The van der Waals surface area contributed by atoms with Gasteiger partial charge >= 0.3 is 0 Å². The summed E-state index contributed by atoms with van der Waals surface area (Å²) in [6.07, 6.45) is 0.577. The number of aromatic nitrogens is 1. The van der Waals surface area contributed by atoms with Crippen molar-refractivity contribution in [3.8, 4) is 0 Å². The van der Waals surface area contributed by atoms with Crippen LogP contribution in [0.4, 0.5) is 0 Å². The van der Waals surface area contributed by atoms with Crippen LogP contribution in [0.5, 0.6) is 0 Å². The van der Waals surface area contributed by atoms with Gasteiger partial charge < -0.3 is 20.4 Å². The lowest BCUT2D eigenvalue weighted by atomic mass is 9.93. The van der Waals surface area contributed by atoms with E-state index in [0.717, 1.165) is 5.52 Å². The van der Waals surface area contributed by atoms with E-state index in [2.05, 4.69) is 5.32 Å². The molecule has 3 rings (SSSR count). The monoisotopic (exact) mass is 369 g/mol. The number of nitrogens with one attached hydrogen (secondary N) is 1. The Bertz CT molecular complexity index is 826. The predicted molar refractivity (Wildman–Crippen MR) is 92.4 cm³/mol. The van der Waals surface area contributed by atoms with E-state index in [1.165, 1.54) is 0 Å². The number of amides is 2. The van der Waals surface area contributed by atoms with E-state index in [0.29, 0.717) is 34.2 Å². The van der Waals surface area contributed by atoms with Crippen molar-refractivity contribution < 1.29 is 14.3 Å². The SMILES string of the molecule is Cn1c(C(=O)NC2(CC(N)=O)CCOC2)cc2c(Cl)c(Cl)ccc21. The second-order valence-corrected chi connectivity index (χ2v) is 6.85. The molecule has 0 spiro atoms. The molecule has 1 atom stereocenters. The molecule has 1 aliphatic heterocycles. The molecule has 128 valence electrons. The van der Waals surface area contributed by atoms with Gasteiger partial charge in [0.2, 0.25) is 5.91 Å². The minimum atomic E-state index is -0.763. The minimum absolute atomic E-state index is 0.0370. The van der Waals surface area contributed by atoms with Gasteiger partial charge in [0.05, 0.1) is 28.6 Å². The first-order chi connectivity index (χ1) is 11.3. The first-order valence-corrected chi connectivity index (χ1v) is 8.20. The van der Waals surface area contributed by atoms with Gasteiger partial charge in [-0.1, -0.05) is 23.2 Å². The number of benzene rings is 1. The van der Waals surface area contributed by atoms with Crippen molar-refractivity contribution >= 4 is 45.9 Å². The molecule has 2 aromatic rings. The molecular weight excluding hydrogens is 353 g/mol. The molecule has 1 saturated heterocycles. The molecule has 6 nitrogen and oxygen atoms in total. The Balaban J connectivity index is 1.95. The number of primary amides is 1. The summed E-state index contributed by atoms with van der Waals surface area (Å²) in [6.45, 7) is 0.738. The van der Waals surface area contributed by atoms with Crippen molar-refractivity contribution in [2.24, 2.45) is 12.8 Å². The maximum absolute atomic E-state index is 12.8. The van der Waals surface area contributed by atoms with Gasteiger partial charge in [0.25, 0.3) is 5.91 Å². The van der Waals surface area contributed by atoms with Crippen LogP contribution in [0.2, 0.25) is 10.0 Å². The van der Waals surface area contributed by atoms with Crippen LogP contribution in [0, 0.1) is 0 Å². The van der Waals surface area contributed by atoms with E-state index in [1.807, 2.05) is 0 Å². The molecular formula is C16H17Cl2N3O3. The summed E-state index contributed by atoms with van der Waals surface area (Å²) in [7, 11) is 1.77. The van der Waals surface area contributed by atoms with E-state index in [9.17, 15) is 9.59 Å². The molecule has 2 heterocycles. The molecule has 8 heteroatoms. The highest BCUT2D eigenvalue weighted by Crippen LogP contribution is 2.33. The van der Waals surface area contributed by atoms with Crippen molar-refractivity contribution in [1.82, 2.24) is 9.88 Å². The third-order valence-corrected chi connectivity index (χ3v) is 5.16. The summed E-state index contributed by atoms with van der Waals surface area (Å²) in [5.41, 5.74) is 5.77. The van der Waals surface area contributed by atoms with Crippen LogP contribution >= 0.6 is 23.2 Å². The molecule has 0 bridgehead atoms. The summed E-state index contributed by atoms with van der Waals surface area (Å²) < 4.78 is 7.09. The zero-order valence-electron chi connectivity index (χ0n) is 13.1.